The topological polar surface area (TPSA) is 15.3 Å². The van der Waals surface area contributed by atoms with Gasteiger partial charge in [0, 0.05) is 12.1 Å². The molecule has 2 heteroatoms. The van der Waals surface area contributed by atoms with Crippen molar-refractivity contribution in [3.05, 3.63) is 0 Å². The smallest absolute Gasteiger partial charge is 0.0139 e. The first-order chi connectivity index (χ1) is 8.58. The van der Waals surface area contributed by atoms with Crippen molar-refractivity contribution in [2.45, 2.75) is 65.5 Å². The lowest BCUT2D eigenvalue weighted by Gasteiger charge is -2.50. The number of piperidine rings is 1. The second-order valence-electron chi connectivity index (χ2n) is 7.17. The van der Waals surface area contributed by atoms with Gasteiger partial charge < -0.3 is 5.32 Å². The van der Waals surface area contributed by atoms with E-state index in [-0.39, 0.29) is 0 Å². The lowest BCUT2D eigenvalue weighted by atomic mass is 9.76. The molecule has 2 nitrogen and oxygen atoms in total. The van der Waals surface area contributed by atoms with E-state index in [1.807, 2.05) is 0 Å². The molecule has 0 aromatic heterocycles. The Morgan fingerprint density at radius 2 is 1.94 bits per heavy atom. The van der Waals surface area contributed by atoms with Crippen LogP contribution in [0.4, 0.5) is 0 Å². The number of nitrogens with zero attached hydrogens (tertiary/aromatic N) is 1. The molecule has 0 bridgehead atoms. The van der Waals surface area contributed by atoms with Crippen molar-refractivity contribution < 1.29 is 0 Å². The molecular weight excluding hydrogens is 220 g/mol. The highest BCUT2D eigenvalue weighted by molar-refractivity contribution is 4.93. The van der Waals surface area contributed by atoms with Crippen molar-refractivity contribution >= 4 is 0 Å². The van der Waals surface area contributed by atoms with E-state index in [1.54, 1.807) is 0 Å². The Balaban J connectivity index is 1.75. The van der Waals surface area contributed by atoms with Gasteiger partial charge in [-0.05, 0) is 70.0 Å². The second-order valence-corrected chi connectivity index (χ2v) is 7.17. The van der Waals surface area contributed by atoms with Gasteiger partial charge >= 0.3 is 0 Å². The minimum absolute atomic E-state index is 0.776. The summed E-state index contributed by atoms with van der Waals surface area (Å²) < 4.78 is 0. The summed E-state index contributed by atoms with van der Waals surface area (Å²) in [6.45, 7) is 13.2. The Morgan fingerprint density at radius 1 is 1.17 bits per heavy atom. The third-order valence-electron chi connectivity index (χ3n) is 4.95. The highest BCUT2D eigenvalue weighted by Crippen LogP contribution is 2.36. The van der Waals surface area contributed by atoms with Crippen LogP contribution in [0.3, 0.4) is 0 Å². The Bertz CT molecular complexity index is 251. The maximum Gasteiger partial charge on any atom is 0.0139 e. The SMILES string of the molecule is CC(C)CNCC1CCC1N1CCC(C)CC1C. The van der Waals surface area contributed by atoms with Gasteiger partial charge in [0.2, 0.25) is 0 Å². The van der Waals surface area contributed by atoms with E-state index in [2.05, 4.69) is 37.9 Å². The molecular formula is C16H32N2. The third-order valence-corrected chi connectivity index (χ3v) is 4.95. The van der Waals surface area contributed by atoms with Crippen LogP contribution >= 0.6 is 0 Å². The fraction of sp³-hybridized carbons (Fsp3) is 1.00. The molecule has 1 aliphatic carbocycles. The van der Waals surface area contributed by atoms with Crippen LogP contribution in [-0.4, -0.2) is 36.6 Å². The van der Waals surface area contributed by atoms with E-state index >= 15 is 0 Å². The molecule has 0 amide bonds. The van der Waals surface area contributed by atoms with E-state index in [1.165, 1.54) is 45.3 Å². The molecule has 0 aromatic carbocycles. The first kappa shape index (κ1) is 14.3. The van der Waals surface area contributed by atoms with Gasteiger partial charge in [0.1, 0.15) is 0 Å². The van der Waals surface area contributed by atoms with Crippen LogP contribution in [0.15, 0.2) is 0 Å². The first-order valence-electron chi connectivity index (χ1n) is 8.04. The lowest BCUT2D eigenvalue weighted by molar-refractivity contribution is 0.00195. The average molecular weight is 252 g/mol. The minimum atomic E-state index is 0.776. The van der Waals surface area contributed by atoms with Crippen LogP contribution in [-0.2, 0) is 0 Å². The molecule has 1 saturated carbocycles. The maximum absolute atomic E-state index is 3.65. The molecule has 0 aromatic rings. The van der Waals surface area contributed by atoms with Gasteiger partial charge in [-0.3, -0.25) is 4.90 Å². The van der Waals surface area contributed by atoms with Gasteiger partial charge in [-0.1, -0.05) is 20.8 Å². The van der Waals surface area contributed by atoms with Crippen molar-refractivity contribution in [2.24, 2.45) is 17.8 Å². The van der Waals surface area contributed by atoms with Gasteiger partial charge in [0.05, 0.1) is 0 Å². The Hall–Kier alpha value is -0.0800. The van der Waals surface area contributed by atoms with Gasteiger partial charge in [0.15, 0.2) is 0 Å². The summed E-state index contributed by atoms with van der Waals surface area (Å²) in [7, 11) is 0. The minimum Gasteiger partial charge on any atom is -0.316 e. The average Bonchev–Trinajstić information content (AvgIpc) is 2.26. The number of nitrogens with one attached hydrogen (secondary N) is 1. The van der Waals surface area contributed by atoms with Crippen molar-refractivity contribution in [1.82, 2.24) is 10.2 Å². The summed E-state index contributed by atoms with van der Waals surface area (Å²) in [6, 6.07) is 1.69. The summed E-state index contributed by atoms with van der Waals surface area (Å²) >= 11 is 0. The first-order valence-corrected chi connectivity index (χ1v) is 8.04. The molecule has 1 N–H and O–H groups in total. The summed E-state index contributed by atoms with van der Waals surface area (Å²) in [4.78, 5) is 2.81. The van der Waals surface area contributed by atoms with E-state index in [9.17, 15) is 0 Å². The number of likely N-dealkylation sites (tertiary alicyclic amines) is 1. The predicted octanol–water partition coefficient (Wildman–Crippen LogP) is 3.13. The van der Waals surface area contributed by atoms with E-state index in [0.717, 1.165) is 29.8 Å². The quantitative estimate of drug-likeness (QED) is 0.809. The molecule has 2 aliphatic rings. The molecule has 2 fully saturated rings. The summed E-state index contributed by atoms with van der Waals surface area (Å²) in [5, 5.41) is 3.65. The largest absolute Gasteiger partial charge is 0.316 e. The highest BCUT2D eigenvalue weighted by Gasteiger charge is 2.38. The molecule has 0 radical (unpaired) electrons. The second kappa shape index (κ2) is 6.38. The summed E-state index contributed by atoms with van der Waals surface area (Å²) in [6.07, 6.45) is 5.69. The molecule has 1 saturated heterocycles. The molecule has 4 atom stereocenters. The van der Waals surface area contributed by atoms with Crippen LogP contribution in [0.5, 0.6) is 0 Å². The zero-order valence-electron chi connectivity index (χ0n) is 12.8. The Kier molecular flexibility index (Phi) is 5.08. The highest BCUT2D eigenvalue weighted by atomic mass is 15.2. The van der Waals surface area contributed by atoms with Gasteiger partial charge in [-0.15, -0.1) is 0 Å². The third kappa shape index (κ3) is 3.48. The van der Waals surface area contributed by atoms with Crippen LogP contribution < -0.4 is 5.32 Å². The van der Waals surface area contributed by atoms with Gasteiger partial charge in [0.25, 0.3) is 0 Å². The number of rotatable bonds is 5. The van der Waals surface area contributed by atoms with Crippen molar-refractivity contribution in [2.75, 3.05) is 19.6 Å². The summed E-state index contributed by atoms with van der Waals surface area (Å²) in [5.74, 6) is 2.63. The fourth-order valence-electron chi connectivity index (χ4n) is 3.70. The molecule has 2 rings (SSSR count). The van der Waals surface area contributed by atoms with Crippen molar-refractivity contribution in [3.63, 3.8) is 0 Å². The number of hydrogen-bond donors (Lipinski definition) is 1. The number of hydrogen-bond acceptors (Lipinski definition) is 2. The van der Waals surface area contributed by atoms with Crippen molar-refractivity contribution in [3.8, 4) is 0 Å². The molecule has 1 aliphatic heterocycles. The summed E-state index contributed by atoms with van der Waals surface area (Å²) in [5.41, 5.74) is 0. The molecule has 0 spiro atoms. The monoisotopic (exact) mass is 252 g/mol. The van der Waals surface area contributed by atoms with Crippen LogP contribution in [0.25, 0.3) is 0 Å². The zero-order valence-corrected chi connectivity index (χ0v) is 12.8. The van der Waals surface area contributed by atoms with Gasteiger partial charge in [-0.2, -0.15) is 0 Å². The standard InChI is InChI=1S/C16H32N2/c1-12(2)10-17-11-15-5-6-16(15)18-8-7-13(3)9-14(18)4/h12-17H,5-11H2,1-4H3. The molecule has 4 unspecified atom stereocenters. The maximum atomic E-state index is 3.65. The normalized spacial score (nSPS) is 37.8. The molecule has 18 heavy (non-hydrogen) atoms. The zero-order chi connectivity index (χ0) is 13.1. The molecule has 106 valence electrons. The van der Waals surface area contributed by atoms with Gasteiger partial charge in [-0.25, -0.2) is 0 Å². The van der Waals surface area contributed by atoms with Crippen LogP contribution in [0.1, 0.15) is 53.4 Å². The fourth-order valence-corrected chi connectivity index (χ4v) is 3.70. The lowest BCUT2D eigenvalue weighted by Crippen LogP contribution is -2.55. The van der Waals surface area contributed by atoms with E-state index < -0.39 is 0 Å². The van der Waals surface area contributed by atoms with Crippen LogP contribution in [0.2, 0.25) is 0 Å². The van der Waals surface area contributed by atoms with E-state index in [0.29, 0.717) is 0 Å². The molecule has 1 heterocycles. The Morgan fingerprint density at radius 3 is 2.50 bits per heavy atom. The van der Waals surface area contributed by atoms with E-state index in [4.69, 9.17) is 0 Å². The van der Waals surface area contributed by atoms with Crippen LogP contribution in [0, 0.1) is 17.8 Å². The Labute approximate surface area is 114 Å². The van der Waals surface area contributed by atoms with Crippen molar-refractivity contribution in [1.29, 1.82) is 0 Å². The predicted molar refractivity (Wildman–Crippen MR) is 78.8 cm³/mol.